The highest BCUT2D eigenvalue weighted by Crippen LogP contribution is 2.17. The molecule has 0 aliphatic rings. The molecule has 1 aromatic carbocycles. The molecule has 0 atom stereocenters. The fraction of sp³-hybridized carbons (Fsp3) is 0.286. The van der Waals surface area contributed by atoms with E-state index in [1.807, 2.05) is 43.0 Å². The quantitative estimate of drug-likeness (QED) is 0.873. The Morgan fingerprint density at radius 1 is 1.47 bits per heavy atom. The first-order valence-corrected chi connectivity index (χ1v) is 7.00. The van der Waals surface area contributed by atoms with Crippen molar-refractivity contribution >= 4 is 22.9 Å². The smallest absolute Gasteiger partial charge is 0.266 e. The fourth-order valence-corrected chi connectivity index (χ4v) is 2.42. The maximum atomic E-state index is 12.4. The van der Waals surface area contributed by atoms with Crippen molar-refractivity contribution in [2.45, 2.75) is 26.4 Å². The number of rotatable bonds is 4. The van der Waals surface area contributed by atoms with E-state index in [-0.39, 0.29) is 11.9 Å². The lowest BCUT2D eigenvalue weighted by Crippen LogP contribution is -2.36. The standard InChI is InChI=1S/C14H17N3OS/c1-10(2)17(14(18)13-7-16-9-19-13)8-11-4-3-5-12(15)6-11/h3-7,9-10H,8,15H2,1-2H3. The summed E-state index contributed by atoms with van der Waals surface area (Å²) in [6, 6.07) is 7.74. The zero-order valence-corrected chi connectivity index (χ0v) is 11.9. The van der Waals surface area contributed by atoms with Crippen LogP contribution in [0.5, 0.6) is 0 Å². The van der Waals surface area contributed by atoms with E-state index in [2.05, 4.69) is 4.98 Å². The summed E-state index contributed by atoms with van der Waals surface area (Å²) < 4.78 is 0. The number of amides is 1. The van der Waals surface area contributed by atoms with Gasteiger partial charge in [-0.2, -0.15) is 0 Å². The Kier molecular flexibility index (Phi) is 4.16. The van der Waals surface area contributed by atoms with Crippen LogP contribution in [-0.2, 0) is 6.54 Å². The Labute approximate surface area is 116 Å². The predicted octanol–water partition coefficient (Wildman–Crippen LogP) is 2.78. The number of hydrogen-bond donors (Lipinski definition) is 1. The Morgan fingerprint density at radius 3 is 2.84 bits per heavy atom. The average Bonchev–Trinajstić information content (AvgIpc) is 2.88. The van der Waals surface area contributed by atoms with Crippen molar-refractivity contribution < 1.29 is 4.79 Å². The average molecular weight is 275 g/mol. The van der Waals surface area contributed by atoms with Gasteiger partial charge in [0.1, 0.15) is 4.88 Å². The van der Waals surface area contributed by atoms with Gasteiger partial charge in [0.05, 0.1) is 11.7 Å². The van der Waals surface area contributed by atoms with E-state index in [9.17, 15) is 4.79 Å². The lowest BCUT2D eigenvalue weighted by atomic mass is 10.1. The molecule has 1 amide bonds. The maximum Gasteiger partial charge on any atom is 0.266 e. The van der Waals surface area contributed by atoms with Crippen molar-refractivity contribution in [2.75, 3.05) is 5.73 Å². The molecule has 100 valence electrons. The summed E-state index contributed by atoms with van der Waals surface area (Å²) in [6.45, 7) is 4.57. The van der Waals surface area contributed by atoms with Crippen molar-refractivity contribution in [1.82, 2.24) is 9.88 Å². The minimum absolute atomic E-state index is 0.0138. The highest BCUT2D eigenvalue weighted by Gasteiger charge is 2.20. The summed E-state index contributed by atoms with van der Waals surface area (Å²) >= 11 is 1.36. The number of carbonyl (C=O) groups is 1. The molecule has 5 heteroatoms. The topological polar surface area (TPSA) is 59.2 Å². The second kappa shape index (κ2) is 5.84. The van der Waals surface area contributed by atoms with Crippen molar-refractivity contribution in [2.24, 2.45) is 0 Å². The predicted molar refractivity (Wildman–Crippen MR) is 78.0 cm³/mol. The molecule has 0 saturated heterocycles. The van der Waals surface area contributed by atoms with Crippen LogP contribution < -0.4 is 5.73 Å². The fourth-order valence-electron chi connectivity index (χ4n) is 1.84. The van der Waals surface area contributed by atoms with Gasteiger partial charge in [0.15, 0.2) is 0 Å². The molecule has 2 N–H and O–H groups in total. The van der Waals surface area contributed by atoms with E-state index < -0.39 is 0 Å². The molecule has 1 aromatic heterocycles. The van der Waals surface area contributed by atoms with Crippen LogP contribution in [0.2, 0.25) is 0 Å². The van der Waals surface area contributed by atoms with Crippen molar-refractivity contribution in [3.05, 3.63) is 46.4 Å². The van der Waals surface area contributed by atoms with E-state index in [0.717, 1.165) is 5.56 Å². The van der Waals surface area contributed by atoms with E-state index in [1.54, 1.807) is 11.7 Å². The molecule has 0 spiro atoms. The number of carbonyl (C=O) groups excluding carboxylic acids is 1. The number of hydrogen-bond acceptors (Lipinski definition) is 4. The molecule has 0 aliphatic heterocycles. The van der Waals surface area contributed by atoms with Crippen LogP contribution in [0.25, 0.3) is 0 Å². The second-order valence-electron chi connectivity index (χ2n) is 4.64. The van der Waals surface area contributed by atoms with Gasteiger partial charge < -0.3 is 10.6 Å². The summed E-state index contributed by atoms with van der Waals surface area (Å²) in [7, 11) is 0. The maximum absolute atomic E-state index is 12.4. The number of thiazole rings is 1. The zero-order valence-electron chi connectivity index (χ0n) is 11.0. The molecule has 0 fully saturated rings. The van der Waals surface area contributed by atoms with Crippen molar-refractivity contribution in [1.29, 1.82) is 0 Å². The number of anilines is 1. The van der Waals surface area contributed by atoms with E-state index in [0.29, 0.717) is 17.1 Å². The lowest BCUT2D eigenvalue weighted by molar-refractivity contribution is 0.0695. The van der Waals surface area contributed by atoms with E-state index >= 15 is 0 Å². The molecule has 1 heterocycles. The Balaban J connectivity index is 2.19. The highest BCUT2D eigenvalue weighted by atomic mass is 32.1. The molecular formula is C14H17N3OS. The van der Waals surface area contributed by atoms with Gasteiger partial charge >= 0.3 is 0 Å². The third kappa shape index (κ3) is 3.32. The first-order valence-electron chi connectivity index (χ1n) is 6.12. The van der Waals surface area contributed by atoms with Crippen LogP contribution >= 0.6 is 11.3 Å². The summed E-state index contributed by atoms with van der Waals surface area (Å²) in [5.74, 6) is 0.0138. The van der Waals surface area contributed by atoms with Crippen LogP contribution in [-0.4, -0.2) is 21.8 Å². The van der Waals surface area contributed by atoms with Crippen molar-refractivity contribution in [3.8, 4) is 0 Å². The van der Waals surface area contributed by atoms with Crippen LogP contribution in [0.1, 0.15) is 29.1 Å². The SMILES string of the molecule is CC(C)N(Cc1cccc(N)c1)C(=O)c1cncs1. The Hall–Kier alpha value is -1.88. The second-order valence-corrected chi connectivity index (χ2v) is 5.52. The zero-order chi connectivity index (χ0) is 13.8. The monoisotopic (exact) mass is 275 g/mol. The van der Waals surface area contributed by atoms with Crippen LogP contribution in [0.15, 0.2) is 36.0 Å². The molecular weight excluding hydrogens is 258 g/mol. The minimum Gasteiger partial charge on any atom is -0.399 e. The third-order valence-electron chi connectivity index (χ3n) is 2.83. The summed E-state index contributed by atoms with van der Waals surface area (Å²) in [5.41, 5.74) is 9.19. The van der Waals surface area contributed by atoms with Gasteiger partial charge in [-0.15, -0.1) is 11.3 Å². The van der Waals surface area contributed by atoms with Gasteiger partial charge in [0.2, 0.25) is 0 Å². The van der Waals surface area contributed by atoms with Crippen LogP contribution in [0, 0.1) is 0 Å². The molecule has 4 nitrogen and oxygen atoms in total. The van der Waals surface area contributed by atoms with Gasteiger partial charge in [-0.3, -0.25) is 9.78 Å². The molecule has 0 saturated carbocycles. The van der Waals surface area contributed by atoms with Crippen LogP contribution in [0.4, 0.5) is 5.69 Å². The molecule has 19 heavy (non-hydrogen) atoms. The Bertz CT molecular complexity index is 552. The number of aromatic nitrogens is 1. The molecule has 2 aromatic rings. The number of benzene rings is 1. The molecule has 0 radical (unpaired) electrons. The van der Waals surface area contributed by atoms with Crippen molar-refractivity contribution in [3.63, 3.8) is 0 Å². The largest absolute Gasteiger partial charge is 0.399 e. The highest BCUT2D eigenvalue weighted by molar-refractivity contribution is 7.11. The summed E-state index contributed by atoms with van der Waals surface area (Å²) in [6.07, 6.45) is 1.61. The normalized spacial score (nSPS) is 10.7. The van der Waals surface area contributed by atoms with Gasteiger partial charge in [-0.05, 0) is 31.5 Å². The van der Waals surface area contributed by atoms with Crippen LogP contribution in [0.3, 0.4) is 0 Å². The summed E-state index contributed by atoms with van der Waals surface area (Å²) in [4.78, 5) is 18.8. The third-order valence-corrected chi connectivity index (χ3v) is 3.59. The number of nitrogens with two attached hydrogens (primary N) is 1. The lowest BCUT2D eigenvalue weighted by Gasteiger charge is -2.26. The molecule has 0 bridgehead atoms. The molecule has 2 rings (SSSR count). The molecule has 0 aliphatic carbocycles. The molecule has 0 unspecified atom stereocenters. The van der Waals surface area contributed by atoms with E-state index in [4.69, 9.17) is 5.73 Å². The minimum atomic E-state index is 0.0138. The van der Waals surface area contributed by atoms with E-state index in [1.165, 1.54) is 11.3 Å². The first kappa shape index (κ1) is 13.5. The first-order chi connectivity index (χ1) is 9.08. The van der Waals surface area contributed by atoms with Gasteiger partial charge in [0, 0.05) is 18.3 Å². The number of nitrogens with zero attached hydrogens (tertiary/aromatic N) is 2. The van der Waals surface area contributed by atoms with Gasteiger partial charge in [-0.1, -0.05) is 12.1 Å². The van der Waals surface area contributed by atoms with Gasteiger partial charge in [0.25, 0.3) is 5.91 Å². The van der Waals surface area contributed by atoms with Gasteiger partial charge in [-0.25, -0.2) is 0 Å². The number of nitrogen functional groups attached to an aromatic ring is 1. The summed E-state index contributed by atoms with van der Waals surface area (Å²) in [5, 5.41) is 0. The Morgan fingerprint density at radius 2 is 2.26 bits per heavy atom.